The molecule has 1 aliphatic carbocycles. The largest absolute Gasteiger partial charge is 0.361 e. The lowest BCUT2D eigenvalue weighted by Gasteiger charge is -2.10. The maximum atomic E-state index is 5.70. The second-order valence-corrected chi connectivity index (χ2v) is 3.46. The highest BCUT2D eigenvalue weighted by molar-refractivity contribution is 5.33. The Hall–Kier alpha value is -1.26. The van der Waals surface area contributed by atoms with Gasteiger partial charge in [0.05, 0.1) is 6.10 Å². The first kappa shape index (κ1) is 9.30. The van der Waals surface area contributed by atoms with Crippen LogP contribution in [0.15, 0.2) is 24.3 Å². The average Bonchev–Trinajstić information content (AvgIpc) is 2.63. The Morgan fingerprint density at radius 2 is 2.29 bits per heavy atom. The molecular weight excluding hydrogens is 172 g/mol. The van der Waals surface area contributed by atoms with Gasteiger partial charge in [-0.15, -0.1) is 5.92 Å². The van der Waals surface area contributed by atoms with Crippen LogP contribution in [0.1, 0.15) is 30.6 Å². The third-order valence-corrected chi connectivity index (χ3v) is 2.61. The molecule has 0 aromatic heterocycles. The van der Waals surface area contributed by atoms with Crippen molar-refractivity contribution in [2.24, 2.45) is 0 Å². The van der Waals surface area contributed by atoms with Gasteiger partial charge >= 0.3 is 0 Å². The highest BCUT2D eigenvalue weighted by Crippen LogP contribution is 2.33. The number of rotatable bonds is 2. The second-order valence-electron chi connectivity index (χ2n) is 3.46. The van der Waals surface area contributed by atoms with Crippen LogP contribution in [0.25, 0.3) is 0 Å². The summed E-state index contributed by atoms with van der Waals surface area (Å²) in [4.78, 5) is 0. The molecule has 0 N–H and O–H groups in total. The van der Waals surface area contributed by atoms with Crippen LogP contribution in [0.2, 0.25) is 0 Å². The van der Waals surface area contributed by atoms with E-state index in [1.54, 1.807) is 0 Å². The van der Waals surface area contributed by atoms with Crippen LogP contribution in [0.5, 0.6) is 0 Å². The Labute approximate surface area is 85.1 Å². The van der Waals surface area contributed by atoms with Crippen molar-refractivity contribution in [3.63, 3.8) is 0 Å². The summed E-state index contributed by atoms with van der Waals surface area (Å²) in [5.74, 6) is 5.77. The summed E-state index contributed by atoms with van der Waals surface area (Å²) in [6.07, 6.45) is 2.51. The maximum absolute atomic E-state index is 5.70. The third kappa shape index (κ3) is 1.81. The van der Waals surface area contributed by atoms with E-state index in [0.29, 0.717) is 6.61 Å². The van der Waals surface area contributed by atoms with Gasteiger partial charge < -0.3 is 4.74 Å². The predicted octanol–water partition coefficient (Wildman–Crippen LogP) is 2.71. The van der Waals surface area contributed by atoms with Crippen molar-refractivity contribution in [2.75, 3.05) is 6.61 Å². The van der Waals surface area contributed by atoms with Crippen LogP contribution in [-0.4, -0.2) is 6.61 Å². The van der Waals surface area contributed by atoms with Gasteiger partial charge in [0, 0.05) is 0 Å². The van der Waals surface area contributed by atoms with Crippen molar-refractivity contribution >= 4 is 0 Å². The van der Waals surface area contributed by atoms with Gasteiger partial charge in [-0.05, 0) is 30.9 Å². The monoisotopic (exact) mass is 186 g/mol. The minimum absolute atomic E-state index is 0.270. The summed E-state index contributed by atoms with van der Waals surface area (Å²) >= 11 is 0. The molecule has 0 bridgehead atoms. The first-order valence-electron chi connectivity index (χ1n) is 5.01. The van der Waals surface area contributed by atoms with E-state index in [1.165, 1.54) is 11.1 Å². The molecule has 0 spiro atoms. The molecule has 1 aromatic carbocycles. The number of hydrogen-bond donors (Lipinski definition) is 0. The summed E-state index contributed by atoms with van der Waals surface area (Å²) in [6.45, 7) is 2.39. The molecule has 14 heavy (non-hydrogen) atoms. The molecule has 1 aromatic rings. The Bertz CT molecular complexity index is 370. The number of benzene rings is 1. The normalized spacial score (nSPS) is 18.5. The first-order valence-corrected chi connectivity index (χ1v) is 5.01. The summed E-state index contributed by atoms with van der Waals surface area (Å²) in [7, 11) is 0. The Morgan fingerprint density at radius 1 is 1.43 bits per heavy atom. The van der Waals surface area contributed by atoms with Crippen LogP contribution in [0.4, 0.5) is 0 Å². The fourth-order valence-electron chi connectivity index (χ4n) is 1.91. The van der Waals surface area contributed by atoms with Crippen LogP contribution in [0.3, 0.4) is 0 Å². The standard InChI is InChI=1S/C13H14O/c1-2-3-10-14-13-9-8-11-6-4-5-7-12(11)13/h4-7,13H,8-10H2,1H3. The smallest absolute Gasteiger partial charge is 0.108 e. The molecule has 1 atom stereocenters. The summed E-state index contributed by atoms with van der Waals surface area (Å²) in [5.41, 5.74) is 2.78. The van der Waals surface area contributed by atoms with Crippen molar-refractivity contribution < 1.29 is 4.74 Å². The van der Waals surface area contributed by atoms with Crippen molar-refractivity contribution in [1.29, 1.82) is 0 Å². The quantitative estimate of drug-likeness (QED) is 0.645. The highest BCUT2D eigenvalue weighted by atomic mass is 16.5. The van der Waals surface area contributed by atoms with Crippen LogP contribution in [0, 0.1) is 11.8 Å². The van der Waals surface area contributed by atoms with Crippen LogP contribution >= 0.6 is 0 Å². The SMILES string of the molecule is CC#CCOC1CCc2ccccc21. The molecule has 0 amide bonds. The molecule has 1 aliphatic rings. The van der Waals surface area contributed by atoms with Gasteiger partial charge in [0.25, 0.3) is 0 Å². The average molecular weight is 186 g/mol. The van der Waals surface area contributed by atoms with Crippen molar-refractivity contribution in [2.45, 2.75) is 25.9 Å². The van der Waals surface area contributed by atoms with E-state index in [-0.39, 0.29) is 6.10 Å². The van der Waals surface area contributed by atoms with E-state index < -0.39 is 0 Å². The molecular formula is C13H14O. The lowest BCUT2D eigenvalue weighted by Crippen LogP contribution is -2.00. The van der Waals surface area contributed by atoms with E-state index in [1.807, 2.05) is 6.92 Å². The lowest BCUT2D eigenvalue weighted by molar-refractivity contribution is 0.0794. The fraction of sp³-hybridized carbons (Fsp3) is 0.385. The topological polar surface area (TPSA) is 9.23 Å². The number of ether oxygens (including phenoxy) is 1. The van der Waals surface area contributed by atoms with Gasteiger partial charge in [-0.1, -0.05) is 30.2 Å². The number of aryl methyl sites for hydroxylation is 1. The number of fused-ring (bicyclic) bond motifs is 1. The zero-order valence-corrected chi connectivity index (χ0v) is 8.42. The minimum Gasteiger partial charge on any atom is -0.361 e. The van der Waals surface area contributed by atoms with E-state index >= 15 is 0 Å². The molecule has 0 saturated heterocycles. The molecule has 1 unspecified atom stereocenters. The zero-order chi connectivity index (χ0) is 9.80. The van der Waals surface area contributed by atoms with Crippen LogP contribution < -0.4 is 0 Å². The van der Waals surface area contributed by atoms with E-state index in [0.717, 1.165) is 12.8 Å². The molecule has 0 radical (unpaired) electrons. The van der Waals surface area contributed by atoms with Gasteiger partial charge in [0.1, 0.15) is 6.61 Å². The first-order chi connectivity index (χ1) is 6.92. The maximum Gasteiger partial charge on any atom is 0.108 e. The molecule has 2 rings (SSSR count). The minimum atomic E-state index is 0.270. The van der Waals surface area contributed by atoms with Crippen molar-refractivity contribution in [3.05, 3.63) is 35.4 Å². The van der Waals surface area contributed by atoms with E-state index in [4.69, 9.17) is 4.74 Å². The Balaban J connectivity index is 2.05. The molecule has 0 heterocycles. The molecule has 0 fully saturated rings. The Kier molecular flexibility index (Phi) is 2.86. The summed E-state index contributed by atoms with van der Waals surface area (Å²) in [5, 5.41) is 0. The highest BCUT2D eigenvalue weighted by Gasteiger charge is 2.21. The van der Waals surface area contributed by atoms with Crippen molar-refractivity contribution in [3.8, 4) is 11.8 Å². The van der Waals surface area contributed by atoms with Gasteiger partial charge in [-0.2, -0.15) is 0 Å². The molecule has 1 heteroatoms. The van der Waals surface area contributed by atoms with Gasteiger partial charge in [0.2, 0.25) is 0 Å². The number of hydrogen-bond acceptors (Lipinski definition) is 1. The molecule has 0 aliphatic heterocycles. The predicted molar refractivity (Wildman–Crippen MR) is 56.9 cm³/mol. The van der Waals surface area contributed by atoms with Gasteiger partial charge in [-0.3, -0.25) is 0 Å². The van der Waals surface area contributed by atoms with E-state index in [9.17, 15) is 0 Å². The molecule has 72 valence electrons. The third-order valence-electron chi connectivity index (χ3n) is 2.61. The van der Waals surface area contributed by atoms with Crippen molar-refractivity contribution in [1.82, 2.24) is 0 Å². The lowest BCUT2D eigenvalue weighted by atomic mass is 10.1. The Morgan fingerprint density at radius 3 is 3.14 bits per heavy atom. The van der Waals surface area contributed by atoms with Gasteiger partial charge in [-0.25, -0.2) is 0 Å². The fourth-order valence-corrected chi connectivity index (χ4v) is 1.91. The molecule has 1 nitrogen and oxygen atoms in total. The summed E-state index contributed by atoms with van der Waals surface area (Å²) < 4.78 is 5.70. The summed E-state index contributed by atoms with van der Waals surface area (Å²) in [6, 6.07) is 8.51. The van der Waals surface area contributed by atoms with E-state index in [2.05, 4.69) is 36.1 Å². The van der Waals surface area contributed by atoms with Crippen LogP contribution in [-0.2, 0) is 11.2 Å². The zero-order valence-electron chi connectivity index (χ0n) is 8.42. The second kappa shape index (κ2) is 4.30. The van der Waals surface area contributed by atoms with Gasteiger partial charge in [0.15, 0.2) is 0 Å². The molecule has 0 saturated carbocycles.